The fraction of sp³-hybridized carbons (Fsp3) is 0.419. The quantitative estimate of drug-likeness (QED) is 0.0281. The molecular weight excluding hydrogens is 1450 g/mol. The summed E-state index contributed by atoms with van der Waals surface area (Å²) in [7, 11) is 0. The second-order valence-corrected chi connectivity index (χ2v) is 29.4. The molecule has 6 nitrogen and oxygen atoms in total. The summed E-state index contributed by atoms with van der Waals surface area (Å²) in [6.07, 6.45) is 39.9. The molecule has 96 heavy (non-hydrogen) atoms. The molecule has 0 amide bonds. The van der Waals surface area contributed by atoms with Gasteiger partial charge in [0.2, 0.25) is 0 Å². The van der Waals surface area contributed by atoms with E-state index in [0.29, 0.717) is 39.6 Å². The lowest BCUT2D eigenvalue weighted by molar-refractivity contribution is 0.295. The van der Waals surface area contributed by atoms with E-state index < -0.39 is 0 Å². The van der Waals surface area contributed by atoms with Crippen molar-refractivity contribution in [3.05, 3.63) is 183 Å². The lowest BCUT2D eigenvalue weighted by Crippen LogP contribution is -2.04. The van der Waals surface area contributed by atoms with Crippen molar-refractivity contribution in [1.82, 2.24) is 0 Å². The van der Waals surface area contributed by atoms with Gasteiger partial charge in [-0.2, -0.15) is 0 Å². The minimum atomic E-state index is 0.598. The zero-order chi connectivity index (χ0) is 67.4. The van der Waals surface area contributed by atoms with E-state index in [1.807, 2.05) is 0 Å². The van der Waals surface area contributed by atoms with Crippen molar-refractivity contribution in [3.63, 3.8) is 0 Å². The van der Waals surface area contributed by atoms with Gasteiger partial charge in [-0.05, 0) is 191 Å². The van der Waals surface area contributed by atoms with Crippen LogP contribution in [0.2, 0.25) is 0 Å². The second kappa shape index (κ2) is 39.7. The maximum Gasteiger partial charge on any atom is 0.127 e. The Balaban J connectivity index is 1.17. The predicted molar refractivity (Wildman–Crippen MR) is 424 cm³/mol. The molecule has 0 saturated carbocycles. The van der Waals surface area contributed by atoms with Gasteiger partial charge in [-0.15, -0.1) is 0 Å². The van der Waals surface area contributed by atoms with Crippen molar-refractivity contribution < 1.29 is 28.4 Å². The minimum Gasteiger partial charge on any atom is -0.493 e. The van der Waals surface area contributed by atoms with Crippen LogP contribution >= 0.6 is 63.7 Å². The SMILES string of the molecule is CCCCCCOc1cc(C=Cc2cc(OCCCCCC)c(C=C3c4cc(Br)ccc4-c4ccc(Br)cc43)cc2OCCCCCC)c(OCCCCCC)cc1C=Cc1cc(OCCCCCC)c(C=C2c3cc(Br)ccc3-c3ccc(Br)cc32)cc1OCCCCCC. The topological polar surface area (TPSA) is 55.4 Å². The van der Waals surface area contributed by atoms with Crippen LogP contribution in [0.4, 0.5) is 0 Å². The first-order valence-corrected chi connectivity index (χ1v) is 39.5. The number of fused-ring (bicyclic) bond motifs is 6. The van der Waals surface area contributed by atoms with E-state index in [1.165, 1.54) is 83.0 Å². The van der Waals surface area contributed by atoms with Crippen molar-refractivity contribution in [2.45, 2.75) is 196 Å². The van der Waals surface area contributed by atoms with Crippen molar-refractivity contribution in [2.24, 2.45) is 0 Å². The molecule has 0 spiro atoms. The second-order valence-electron chi connectivity index (χ2n) is 25.8. The van der Waals surface area contributed by atoms with Crippen molar-refractivity contribution in [3.8, 4) is 56.8 Å². The molecule has 2 aliphatic rings. The van der Waals surface area contributed by atoms with Crippen LogP contribution in [-0.4, -0.2) is 39.6 Å². The van der Waals surface area contributed by atoms with Crippen LogP contribution in [0.15, 0.2) is 127 Å². The summed E-state index contributed by atoms with van der Waals surface area (Å²) in [4.78, 5) is 0. The van der Waals surface area contributed by atoms with Crippen LogP contribution in [0.3, 0.4) is 0 Å². The number of ether oxygens (including phenoxy) is 6. The van der Waals surface area contributed by atoms with E-state index in [9.17, 15) is 0 Å². The van der Waals surface area contributed by atoms with Gasteiger partial charge < -0.3 is 28.4 Å². The predicted octanol–water partition coefficient (Wildman–Crippen LogP) is 28.0. The van der Waals surface area contributed by atoms with E-state index in [0.717, 1.165) is 212 Å². The molecule has 10 heteroatoms. The highest BCUT2D eigenvalue weighted by Crippen LogP contribution is 2.50. The van der Waals surface area contributed by atoms with Crippen LogP contribution in [0.5, 0.6) is 34.5 Å². The van der Waals surface area contributed by atoms with Gasteiger partial charge in [0, 0.05) is 51.3 Å². The third-order valence-corrected chi connectivity index (χ3v) is 20.1. The van der Waals surface area contributed by atoms with Crippen LogP contribution in [0.1, 0.15) is 251 Å². The number of rotatable bonds is 42. The van der Waals surface area contributed by atoms with Crippen molar-refractivity contribution in [1.29, 1.82) is 0 Å². The molecule has 7 aromatic rings. The standard InChI is InChI=1S/C86H102Br4O6/c1-7-13-19-25-43-91-81-51-62(32-34-64-54-86(96-48-30-24-18-12-6)66(56-84(64)94-46-28-22-16-10-4)50-76-79-59-69(89)37-41-73(79)74-42-38-70(90)60-80(74)76)82(92-44-26-20-14-8-2)52-61(81)31-33-63-53-85(95-47-29-23-17-11-5)65(55-83(63)93-45-27-21-15-9-3)49-75-77-57-67(87)35-39-71(77)72-40-36-68(88)58-78(72)75/h31-42,49-60H,7-30,43-48H2,1-6H3. The average Bonchev–Trinajstić information content (AvgIpc) is 1.60. The molecule has 0 bridgehead atoms. The number of hydrogen-bond donors (Lipinski definition) is 0. The largest absolute Gasteiger partial charge is 0.493 e. The van der Waals surface area contributed by atoms with Gasteiger partial charge in [0.1, 0.15) is 34.5 Å². The van der Waals surface area contributed by atoms with Crippen molar-refractivity contribution >= 4 is 111 Å². The van der Waals surface area contributed by atoms with Crippen LogP contribution in [-0.2, 0) is 0 Å². The van der Waals surface area contributed by atoms with Crippen LogP contribution in [0.25, 0.3) is 69.9 Å². The van der Waals surface area contributed by atoms with Gasteiger partial charge in [-0.1, -0.05) is 269 Å². The Bertz CT molecular complexity index is 3430. The molecule has 0 unspecified atom stereocenters. The Morgan fingerprint density at radius 3 is 0.635 bits per heavy atom. The summed E-state index contributed by atoms with van der Waals surface area (Å²) in [5.74, 6) is 4.89. The lowest BCUT2D eigenvalue weighted by atomic mass is 9.98. The summed E-state index contributed by atoms with van der Waals surface area (Å²) < 4.78 is 45.8. The molecule has 0 N–H and O–H groups in total. The Labute approximate surface area is 609 Å². The molecule has 0 aliphatic heterocycles. The van der Waals surface area contributed by atoms with E-state index in [-0.39, 0.29) is 0 Å². The highest BCUT2D eigenvalue weighted by Gasteiger charge is 2.27. The first kappa shape index (κ1) is 74.4. The molecule has 7 aromatic carbocycles. The average molecular weight is 1550 g/mol. The minimum absolute atomic E-state index is 0.598. The zero-order valence-corrected chi connectivity index (χ0v) is 64.4. The van der Waals surface area contributed by atoms with E-state index >= 15 is 0 Å². The van der Waals surface area contributed by atoms with Gasteiger partial charge in [0.25, 0.3) is 0 Å². The van der Waals surface area contributed by atoms with E-state index in [2.05, 4.69) is 251 Å². The Hall–Kier alpha value is -5.78. The molecule has 0 radical (unpaired) electrons. The molecule has 0 heterocycles. The first-order chi connectivity index (χ1) is 47.0. The fourth-order valence-corrected chi connectivity index (χ4v) is 14.1. The summed E-state index contributed by atoms with van der Waals surface area (Å²) in [5, 5.41) is 0. The lowest BCUT2D eigenvalue weighted by Gasteiger charge is -2.18. The summed E-state index contributed by atoms with van der Waals surface area (Å²) in [6, 6.07) is 39.6. The number of unbranched alkanes of at least 4 members (excludes halogenated alkanes) is 18. The van der Waals surface area contributed by atoms with Gasteiger partial charge in [0.05, 0.1) is 39.6 Å². The number of hydrogen-bond acceptors (Lipinski definition) is 6. The molecule has 0 aromatic heterocycles. The summed E-state index contributed by atoms with van der Waals surface area (Å²) in [6.45, 7) is 17.2. The van der Waals surface area contributed by atoms with Crippen LogP contribution < -0.4 is 28.4 Å². The molecule has 0 atom stereocenters. The molecular formula is C86H102Br4O6. The highest BCUT2D eigenvalue weighted by molar-refractivity contribution is 9.11. The number of benzene rings is 7. The van der Waals surface area contributed by atoms with E-state index in [4.69, 9.17) is 28.4 Å². The third-order valence-electron chi connectivity index (χ3n) is 18.1. The number of halogens is 4. The maximum absolute atomic E-state index is 6.96. The summed E-state index contributed by atoms with van der Waals surface area (Å²) >= 11 is 15.3. The Morgan fingerprint density at radius 1 is 0.229 bits per heavy atom. The first-order valence-electron chi connectivity index (χ1n) is 36.3. The summed E-state index contributed by atoms with van der Waals surface area (Å²) in [5.41, 5.74) is 17.7. The maximum atomic E-state index is 6.96. The molecule has 0 saturated heterocycles. The van der Waals surface area contributed by atoms with E-state index in [1.54, 1.807) is 0 Å². The Morgan fingerprint density at radius 2 is 0.427 bits per heavy atom. The van der Waals surface area contributed by atoms with Gasteiger partial charge >= 0.3 is 0 Å². The zero-order valence-electron chi connectivity index (χ0n) is 58.0. The van der Waals surface area contributed by atoms with Crippen molar-refractivity contribution in [2.75, 3.05) is 39.6 Å². The van der Waals surface area contributed by atoms with Gasteiger partial charge in [0.15, 0.2) is 0 Å². The van der Waals surface area contributed by atoms with Crippen LogP contribution in [0, 0.1) is 0 Å². The van der Waals surface area contributed by atoms with Gasteiger partial charge in [-0.25, -0.2) is 0 Å². The smallest absolute Gasteiger partial charge is 0.127 e. The van der Waals surface area contributed by atoms with Gasteiger partial charge in [-0.3, -0.25) is 0 Å². The molecule has 0 fully saturated rings. The Kier molecular flexibility index (Phi) is 30.8. The molecule has 2 aliphatic carbocycles. The molecule has 510 valence electrons. The third kappa shape index (κ3) is 21.1. The fourth-order valence-electron chi connectivity index (χ4n) is 12.7. The normalized spacial score (nSPS) is 12.1. The monoisotopic (exact) mass is 1550 g/mol. The molecule has 9 rings (SSSR count). The highest BCUT2D eigenvalue weighted by atomic mass is 79.9.